The van der Waals surface area contributed by atoms with Crippen LogP contribution in [0.15, 0.2) is 18.2 Å². The Hall–Kier alpha value is -1.88. The van der Waals surface area contributed by atoms with Gasteiger partial charge in [-0.1, -0.05) is 17.9 Å². The summed E-state index contributed by atoms with van der Waals surface area (Å²) >= 11 is 0. The first kappa shape index (κ1) is 10.2. The van der Waals surface area contributed by atoms with Crippen LogP contribution in [0.3, 0.4) is 0 Å². The highest BCUT2D eigenvalue weighted by Crippen LogP contribution is 2.07. The molecule has 1 rings (SSSR count). The lowest BCUT2D eigenvalue weighted by atomic mass is 10.1. The number of aldehydes is 2. The zero-order chi connectivity index (χ0) is 10.4. The number of carbonyl (C=O) groups excluding carboxylic acids is 2. The Morgan fingerprint density at radius 2 is 2.14 bits per heavy atom. The fraction of sp³-hybridized carbons (Fsp3) is 0.167. The van der Waals surface area contributed by atoms with Crippen LogP contribution in [0.25, 0.3) is 0 Å². The van der Waals surface area contributed by atoms with Crippen molar-refractivity contribution in [3.8, 4) is 11.8 Å². The average molecular weight is 186 g/mol. The maximum Gasteiger partial charge on any atom is 0.150 e. The molecule has 0 saturated heterocycles. The van der Waals surface area contributed by atoms with Gasteiger partial charge in [-0.05, 0) is 24.6 Å². The number of carbonyl (C=O) groups is 2. The van der Waals surface area contributed by atoms with Crippen LogP contribution in [0.5, 0.6) is 0 Å². The van der Waals surface area contributed by atoms with Crippen molar-refractivity contribution in [2.75, 3.05) is 0 Å². The SMILES string of the molecule is Cc1cc(C#CCC=O)ccc1C=O. The van der Waals surface area contributed by atoms with Crippen LogP contribution in [-0.2, 0) is 4.79 Å². The van der Waals surface area contributed by atoms with E-state index in [1.165, 1.54) is 0 Å². The van der Waals surface area contributed by atoms with E-state index >= 15 is 0 Å². The van der Waals surface area contributed by atoms with Gasteiger partial charge in [0.1, 0.15) is 12.6 Å². The Kier molecular flexibility index (Phi) is 3.63. The maximum absolute atomic E-state index is 10.5. The molecule has 0 aromatic heterocycles. The van der Waals surface area contributed by atoms with Crippen molar-refractivity contribution in [3.63, 3.8) is 0 Å². The van der Waals surface area contributed by atoms with E-state index in [4.69, 9.17) is 0 Å². The molecular weight excluding hydrogens is 176 g/mol. The van der Waals surface area contributed by atoms with Gasteiger partial charge >= 0.3 is 0 Å². The summed E-state index contributed by atoms with van der Waals surface area (Å²) in [5.74, 6) is 5.55. The van der Waals surface area contributed by atoms with Crippen molar-refractivity contribution >= 4 is 12.6 Å². The highest BCUT2D eigenvalue weighted by atomic mass is 16.1. The molecule has 0 saturated carbocycles. The van der Waals surface area contributed by atoms with Crippen LogP contribution < -0.4 is 0 Å². The van der Waals surface area contributed by atoms with E-state index in [1.807, 2.05) is 13.0 Å². The molecule has 0 atom stereocenters. The molecule has 0 spiro atoms. The predicted octanol–water partition coefficient (Wildman–Crippen LogP) is 1.75. The third-order valence-electron chi connectivity index (χ3n) is 1.81. The number of hydrogen-bond acceptors (Lipinski definition) is 2. The average Bonchev–Trinajstić information content (AvgIpc) is 2.18. The minimum Gasteiger partial charge on any atom is -0.302 e. The molecule has 70 valence electrons. The summed E-state index contributed by atoms with van der Waals surface area (Å²) in [7, 11) is 0. The number of aryl methyl sites for hydroxylation is 1. The molecule has 0 amide bonds. The van der Waals surface area contributed by atoms with Crippen molar-refractivity contribution in [1.82, 2.24) is 0 Å². The Labute approximate surface area is 82.9 Å². The smallest absolute Gasteiger partial charge is 0.150 e. The van der Waals surface area contributed by atoms with Crippen molar-refractivity contribution in [2.24, 2.45) is 0 Å². The molecule has 0 aliphatic heterocycles. The monoisotopic (exact) mass is 186 g/mol. The van der Waals surface area contributed by atoms with Crippen LogP contribution >= 0.6 is 0 Å². The molecule has 0 fully saturated rings. The van der Waals surface area contributed by atoms with Crippen LogP contribution in [0.4, 0.5) is 0 Å². The quantitative estimate of drug-likeness (QED) is 0.521. The van der Waals surface area contributed by atoms with Gasteiger partial charge in [0.15, 0.2) is 0 Å². The summed E-state index contributed by atoms with van der Waals surface area (Å²) in [6, 6.07) is 5.34. The molecule has 0 bridgehead atoms. The highest BCUT2D eigenvalue weighted by Gasteiger charge is 1.95. The van der Waals surface area contributed by atoms with Crippen molar-refractivity contribution in [2.45, 2.75) is 13.3 Å². The molecule has 0 unspecified atom stereocenters. The van der Waals surface area contributed by atoms with Gasteiger partial charge in [-0.15, -0.1) is 0 Å². The normalized spacial score (nSPS) is 8.64. The highest BCUT2D eigenvalue weighted by molar-refractivity contribution is 5.77. The fourth-order valence-corrected chi connectivity index (χ4v) is 1.08. The first-order chi connectivity index (χ1) is 6.77. The van der Waals surface area contributed by atoms with E-state index in [0.717, 1.165) is 23.7 Å². The van der Waals surface area contributed by atoms with Gasteiger partial charge in [-0.25, -0.2) is 0 Å². The molecule has 1 aromatic carbocycles. The zero-order valence-corrected chi connectivity index (χ0v) is 7.91. The van der Waals surface area contributed by atoms with Crippen molar-refractivity contribution in [3.05, 3.63) is 34.9 Å². The predicted molar refractivity (Wildman–Crippen MR) is 54.1 cm³/mol. The number of rotatable bonds is 2. The molecule has 0 aliphatic carbocycles. The molecule has 14 heavy (non-hydrogen) atoms. The Morgan fingerprint density at radius 1 is 1.36 bits per heavy atom. The molecule has 1 aromatic rings. The van der Waals surface area contributed by atoms with Crippen LogP contribution in [0, 0.1) is 18.8 Å². The summed E-state index contributed by atoms with van der Waals surface area (Å²) in [4.78, 5) is 20.5. The second-order valence-corrected chi connectivity index (χ2v) is 2.86. The standard InChI is InChI=1S/C12H10O2/c1-10-8-11(4-2-3-7-13)5-6-12(10)9-14/h5-9H,3H2,1H3. The third kappa shape index (κ3) is 2.56. The van der Waals surface area contributed by atoms with E-state index in [2.05, 4.69) is 11.8 Å². The van der Waals surface area contributed by atoms with E-state index < -0.39 is 0 Å². The van der Waals surface area contributed by atoms with E-state index in [1.54, 1.807) is 12.1 Å². The second kappa shape index (κ2) is 4.98. The molecule has 2 nitrogen and oxygen atoms in total. The van der Waals surface area contributed by atoms with Crippen LogP contribution in [0.2, 0.25) is 0 Å². The lowest BCUT2D eigenvalue weighted by Gasteiger charge is -1.97. The molecule has 0 N–H and O–H groups in total. The zero-order valence-electron chi connectivity index (χ0n) is 7.91. The van der Waals surface area contributed by atoms with Crippen molar-refractivity contribution < 1.29 is 9.59 Å². The molecule has 0 radical (unpaired) electrons. The number of hydrogen-bond donors (Lipinski definition) is 0. The van der Waals surface area contributed by atoms with Gasteiger partial charge in [0.2, 0.25) is 0 Å². The van der Waals surface area contributed by atoms with Gasteiger partial charge in [0.05, 0.1) is 6.42 Å². The summed E-state index contributed by atoms with van der Waals surface area (Å²) < 4.78 is 0. The van der Waals surface area contributed by atoms with E-state index in [0.29, 0.717) is 5.56 Å². The Balaban J connectivity index is 2.93. The number of benzene rings is 1. The van der Waals surface area contributed by atoms with Crippen LogP contribution in [0.1, 0.15) is 27.9 Å². The summed E-state index contributed by atoms with van der Waals surface area (Å²) in [5, 5.41) is 0. The van der Waals surface area contributed by atoms with E-state index in [-0.39, 0.29) is 6.42 Å². The Morgan fingerprint density at radius 3 is 2.71 bits per heavy atom. The lowest BCUT2D eigenvalue weighted by molar-refractivity contribution is -0.107. The fourth-order valence-electron chi connectivity index (χ4n) is 1.08. The first-order valence-electron chi connectivity index (χ1n) is 4.26. The van der Waals surface area contributed by atoms with Gasteiger partial charge in [-0.2, -0.15) is 0 Å². The Bertz CT molecular complexity index is 408. The summed E-state index contributed by atoms with van der Waals surface area (Å²) in [6.45, 7) is 1.86. The summed E-state index contributed by atoms with van der Waals surface area (Å²) in [6.07, 6.45) is 1.83. The van der Waals surface area contributed by atoms with Crippen molar-refractivity contribution in [1.29, 1.82) is 0 Å². The third-order valence-corrected chi connectivity index (χ3v) is 1.81. The maximum atomic E-state index is 10.5. The lowest BCUT2D eigenvalue weighted by Crippen LogP contribution is -1.86. The van der Waals surface area contributed by atoms with Gasteiger partial charge < -0.3 is 4.79 Å². The molecular formula is C12H10O2. The minimum atomic E-state index is 0.245. The second-order valence-electron chi connectivity index (χ2n) is 2.86. The van der Waals surface area contributed by atoms with Gasteiger partial charge in [-0.3, -0.25) is 4.79 Å². The molecule has 0 heterocycles. The molecule has 2 heteroatoms. The van der Waals surface area contributed by atoms with Crippen LogP contribution in [-0.4, -0.2) is 12.6 Å². The van der Waals surface area contributed by atoms with E-state index in [9.17, 15) is 9.59 Å². The first-order valence-corrected chi connectivity index (χ1v) is 4.26. The van der Waals surface area contributed by atoms with Gasteiger partial charge in [0, 0.05) is 11.1 Å². The summed E-state index contributed by atoms with van der Waals surface area (Å²) in [5.41, 5.74) is 2.40. The van der Waals surface area contributed by atoms with Gasteiger partial charge in [0.25, 0.3) is 0 Å². The topological polar surface area (TPSA) is 34.1 Å². The largest absolute Gasteiger partial charge is 0.302 e. The minimum absolute atomic E-state index is 0.245. The molecule has 0 aliphatic rings.